The molecule has 0 aliphatic carbocycles. The average Bonchev–Trinajstić information content (AvgIpc) is 3.09. The molecular formula is C23H27N5OS. The van der Waals surface area contributed by atoms with Gasteiger partial charge >= 0.3 is 6.03 Å². The van der Waals surface area contributed by atoms with Crippen molar-refractivity contribution in [3.05, 3.63) is 65.3 Å². The lowest BCUT2D eigenvalue weighted by Crippen LogP contribution is -2.29. The zero-order valence-corrected chi connectivity index (χ0v) is 17.8. The fourth-order valence-electron chi connectivity index (χ4n) is 3.71. The number of hydrogen-bond acceptors (Lipinski definition) is 5. The van der Waals surface area contributed by atoms with Crippen LogP contribution in [0.5, 0.6) is 0 Å². The van der Waals surface area contributed by atoms with Gasteiger partial charge in [0.05, 0.1) is 5.69 Å². The van der Waals surface area contributed by atoms with Crippen LogP contribution in [0.25, 0.3) is 11.3 Å². The second-order valence-electron chi connectivity index (χ2n) is 7.55. The molecule has 2 aromatic heterocycles. The summed E-state index contributed by atoms with van der Waals surface area (Å²) in [7, 11) is 0. The van der Waals surface area contributed by atoms with E-state index in [9.17, 15) is 4.79 Å². The molecule has 30 heavy (non-hydrogen) atoms. The molecule has 0 atom stereocenters. The monoisotopic (exact) mass is 421 g/mol. The van der Waals surface area contributed by atoms with Crippen molar-refractivity contribution in [2.45, 2.75) is 38.8 Å². The number of benzene rings is 1. The van der Waals surface area contributed by atoms with Gasteiger partial charge < -0.3 is 5.32 Å². The molecule has 0 radical (unpaired) electrons. The molecule has 2 amide bonds. The lowest BCUT2D eigenvalue weighted by Gasteiger charge is -2.21. The number of anilines is 1. The number of nitrogens with one attached hydrogen (secondary N) is 2. The lowest BCUT2D eigenvalue weighted by molar-refractivity contribution is 0.251. The minimum absolute atomic E-state index is 0.244. The summed E-state index contributed by atoms with van der Waals surface area (Å²) in [5, 5.41) is 8.30. The maximum Gasteiger partial charge on any atom is 0.321 e. The molecule has 2 N–H and O–H groups in total. The summed E-state index contributed by atoms with van der Waals surface area (Å²) < 4.78 is 0. The number of carbonyl (C=O) groups is 1. The van der Waals surface area contributed by atoms with Gasteiger partial charge in [-0.15, -0.1) is 11.3 Å². The second kappa shape index (κ2) is 10.3. The minimum atomic E-state index is -0.244. The summed E-state index contributed by atoms with van der Waals surface area (Å²) in [6.45, 7) is 3.76. The van der Waals surface area contributed by atoms with Gasteiger partial charge in [-0.05, 0) is 49.2 Å². The van der Waals surface area contributed by atoms with Crippen LogP contribution in [0, 0.1) is 0 Å². The molecule has 156 valence electrons. The summed E-state index contributed by atoms with van der Waals surface area (Å²) in [6.07, 6.45) is 8.71. The number of rotatable bonds is 6. The Hall–Kier alpha value is -2.77. The standard InChI is InChI=1S/C23H27N5OS/c29-22(27-23-26-21(17-30-23)19-10-7-11-24-14-19)25-15-18-8-3-4-9-20(18)16-28-12-5-1-2-6-13-28/h3-4,7-11,14,17H,1-2,5-6,12-13,15-16H2,(H2,25,26,27,29). The Bertz CT molecular complexity index is 951. The van der Waals surface area contributed by atoms with Crippen molar-refractivity contribution in [2.24, 2.45) is 0 Å². The summed E-state index contributed by atoms with van der Waals surface area (Å²) >= 11 is 1.41. The van der Waals surface area contributed by atoms with Crippen LogP contribution < -0.4 is 10.6 Å². The van der Waals surface area contributed by atoms with Crippen LogP contribution in [0.3, 0.4) is 0 Å². The van der Waals surface area contributed by atoms with Crippen LogP contribution in [-0.4, -0.2) is 34.0 Å². The Labute approximate surface area is 181 Å². The van der Waals surface area contributed by atoms with E-state index >= 15 is 0 Å². The Morgan fingerprint density at radius 1 is 1.03 bits per heavy atom. The third-order valence-electron chi connectivity index (χ3n) is 5.33. The van der Waals surface area contributed by atoms with Crippen molar-refractivity contribution in [3.63, 3.8) is 0 Å². The second-order valence-corrected chi connectivity index (χ2v) is 8.40. The van der Waals surface area contributed by atoms with Crippen LogP contribution in [0.15, 0.2) is 54.2 Å². The smallest absolute Gasteiger partial charge is 0.321 e. The number of hydrogen-bond donors (Lipinski definition) is 2. The summed E-state index contributed by atoms with van der Waals surface area (Å²) in [4.78, 5) is 23.5. The summed E-state index contributed by atoms with van der Waals surface area (Å²) in [5.41, 5.74) is 4.19. The van der Waals surface area contributed by atoms with Crippen LogP contribution in [0.2, 0.25) is 0 Å². The van der Waals surface area contributed by atoms with Crippen molar-refractivity contribution >= 4 is 22.5 Å². The van der Waals surface area contributed by atoms with E-state index < -0.39 is 0 Å². The molecule has 4 rings (SSSR count). The zero-order valence-electron chi connectivity index (χ0n) is 17.0. The van der Waals surface area contributed by atoms with Crippen molar-refractivity contribution < 1.29 is 4.79 Å². The quantitative estimate of drug-likeness (QED) is 0.594. The van der Waals surface area contributed by atoms with Crippen molar-refractivity contribution in [1.82, 2.24) is 20.2 Å². The predicted molar refractivity (Wildman–Crippen MR) is 121 cm³/mol. The molecular weight excluding hydrogens is 394 g/mol. The summed E-state index contributed by atoms with van der Waals surface area (Å²) in [6, 6.07) is 11.9. The first kappa shape index (κ1) is 20.5. The fraction of sp³-hybridized carbons (Fsp3) is 0.348. The SMILES string of the molecule is O=C(NCc1ccccc1CN1CCCCCC1)Nc1nc(-c2cccnc2)cs1. The number of thiazole rings is 1. The van der Waals surface area contributed by atoms with Crippen molar-refractivity contribution in [3.8, 4) is 11.3 Å². The van der Waals surface area contributed by atoms with Crippen molar-refractivity contribution in [1.29, 1.82) is 0 Å². The highest BCUT2D eigenvalue weighted by molar-refractivity contribution is 7.14. The molecule has 0 spiro atoms. The van der Waals surface area contributed by atoms with Gasteiger partial charge in [-0.3, -0.25) is 15.2 Å². The van der Waals surface area contributed by atoms with E-state index in [4.69, 9.17) is 0 Å². The van der Waals surface area contributed by atoms with E-state index in [0.29, 0.717) is 11.7 Å². The Morgan fingerprint density at radius 3 is 2.60 bits per heavy atom. The van der Waals surface area contributed by atoms with E-state index in [1.165, 1.54) is 42.6 Å². The average molecular weight is 422 g/mol. The zero-order chi connectivity index (χ0) is 20.6. The van der Waals surface area contributed by atoms with Crippen LogP contribution in [-0.2, 0) is 13.1 Å². The molecule has 1 aliphatic heterocycles. The lowest BCUT2D eigenvalue weighted by atomic mass is 10.1. The third-order valence-corrected chi connectivity index (χ3v) is 6.09. The molecule has 1 aliphatic rings. The largest absolute Gasteiger partial charge is 0.334 e. The molecule has 3 aromatic rings. The minimum Gasteiger partial charge on any atom is -0.334 e. The van der Waals surface area contributed by atoms with Crippen molar-refractivity contribution in [2.75, 3.05) is 18.4 Å². The maximum atomic E-state index is 12.4. The Kier molecular flexibility index (Phi) is 7.05. The van der Waals surface area contributed by atoms with Gasteiger partial charge in [0.2, 0.25) is 0 Å². The molecule has 0 saturated carbocycles. The highest BCUT2D eigenvalue weighted by Gasteiger charge is 2.13. The number of carbonyl (C=O) groups excluding carboxylic acids is 1. The fourth-order valence-corrected chi connectivity index (χ4v) is 4.43. The molecule has 1 aromatic carbocycles. The first-order valence-corrected chi connectivity index (χ1v) is 11.4. The third kappa shape index (κ3) is 5.64. The Balaban J connectivity index is 1.32. The van der Waals surface area contributed by atoms with Gasteiger partial charge in [0.25, 0.3) is 0 Å². The van der Waals surface area contributed by atoms with Gasteiger partial charge in [-0.2, -0.15) is 0 Å². The number of pyridine rings is 1. The van der Waals surface area contributed by atoms with E-state index in [1.807, 2.05) is 23.6 Å². The number of urea groups is 1. The van der Waals surface area contributed by atoms with E-state index in [-0.39, 0.29) is 6.03 Å². The number of likely N-dealkylation sites (tertiary alicyclic amines) is 1. The van der Waals surface area contributed by atoms with Gasteiger partial charge in [-0.1, -0.05) is 37.1 Å². The maximum absolute atomic E-state index is 12.4. The number of nitrogens with zero attached hydrogens (tertiary/aromatic N) is 3. The van der Waals surface area contributed by atoms with Crippen LogP contribution in [0.1, 0.15) is 36.8 Å². The highest BCUT2D eigenvalue weighted by atomic mass is 32.1. The normalized spacial score (nSPS) is 14.8. The van der Waals surface area contributed by atoms with Gasteiger partial charge in [0, 0.05) is 36.4 Å². The van der Waals surface area contributed by atoms with E-state index in [0.717, 1.165) is 36.5 Å². The molecule has 7 heteroatoms. The predicted octanol–water partition coefficient (Wildman–Crippen LogP) is 4.90. The van der Waals surface area contributed by atoms with Gasteiger partial charge in [0.15, 0.2) is 5.13 Å². The van der Waals surface area contributed by atoms with Crippen LogP contribution >= 0.6 is 11.3 Å². The first-order chi connectivity index (χ1) is 14.8. The van der Waals surface area contributed by atoms with E-state index in [2.05, 4.69) is 43.7 Å². The first-order valence-electron chi connectivity index (χ1n) is 10.5. The van der Waals surface area contributed by atoms with Gasteiger partial charge in [-0.25, -0.2) is 9.78 Å². The Morgan fingerprint density at radius 2 is 1.83 bits per heavy atom. The molecule has 0 unspecified atom stereocenters. The van der Waals surface area contributed by atoms with Crippen LogP contribution in [0.4, 0.5) is 9.93 Å². The summed E-state index contributed by atoms with van der Waals surface area (Å²) in [5.74, 6) is 0. The molecule has 1 saturated heterocycles. The van der Waals surface area contributed by atoms with Gasteiger partial charge in [0.1, 0.15) is 0 Å². The molecule has 0 bridgehead atoms. The molecule has 1 fully saturated rings. The molecule has 6 nitrogen and oxygen atoms in total. The number of amides is 2. The molecule has 3 heterocycles. The highest BCUT2D eigenvalue weighted by Crippen LogP contribution is 2.24. The van der Waals surface area contributed by atoms with E-state index in [1.54, 1.807) is 12.4 Å². The number of aromatic nitrogens is 2. The topological polar surface area (TPSA) is 70.2 Å².